The van der Waals surface area contributed by atoms with Gasteiger partial charge in [-0.15, -0.1) is 0 Å². The Hall–Kier alpha value is -2.37. The van der Waals surface area contributed by atoms with Crippen LogP contribution >= 0.6 is 0 Å². The smallest absolute Gasteiger partial charge is 0.274 e. The number of rotatable bonds is 2. The molecule has 1 aromatic heterocycles. The summed E-state index contributed by atoms with van der Waals surface area (Å²) in [6.07, 6.45) is 5.90. The second kappa shape index (κ2) is 6.11. The predicted molar refractivity (Wildman–Crippen MR) is 97.0 cm³/mol. The maximum atomic E-state index is 13.4. The summed E-state index contributed by atoms with van der Waals surface area (Å²) in [6.45, 7) is 2.47. The number of anilines is 1. The zero-order valence-corrected chi connectivity index (χ0v) is 14.8. The summed E-state index contributed by atoms with van der Waals surface area (Å²) >= 11 is 0. The Morgan fingerprint density at radius 3 is 2.85 bits per heavy atom. The van der Waals surface area contributed by atoms with E-state index in [1.807, 2.05) is 11.0 Å². The molecule has 1 amide bonds. The van der Waals surface area contributed by atoms with Gasteiger partial charge in [-0.2, -0.15) is 5.10 Å². The van der Waals surface area contributed by atoms with E-state index in [0.29, 0.717) is 11.7 Å². The average Bonchev–Trinajstić information content (AvgIpc) is 3.36. The first-order chi connectivity index (χ1) is 12.7. The SMILES string of the molecule is O=C(c1n[nH]c2c1CCC2)N1CCC(N2CCc3cc(F)ccc32)CC1. The lowest BCUT2D eigenvalue weighted by Gasteiger charge is -2.38. The number of fused-ring (bicyclic) bond motifs is 2. The Balaban J connectivity index is 1.26. The van der Waals surface area contributed by atoms with Crippen LogP contribution in [-0.2, 0) is 19.3 Å². The lowest BCUT2D eigenvalue weighted by Crippen LogP contribution is -2.46. The van der Waals surface area contributed by atoms with Gasteiger partial charge < -0.3 is 9.80 Å². The normalized spacial score (nSPS) is 19.7. The molecule has 2 aromatic rings. The van der Waals surface area contributed by atoms with Crippen molar-refractivity contribution >= 4 is 11.6 Å². The van der Waals surface area contributed by atoms with Gasteiger partial charge in [0.05, 0.1) is 0 Å². The van der Waals surface area contributed by atoms with E-state index in [0.717, 1.165) is 75.0 Å². The van der Waals surface area contributed by atoms with Gasteiger partial charge in [0.2, 0.25) is 0 Å². The Morgan fingerprint density at radius 2 is 2.00 bits per heavy atom. The Bertz CT molecular complexity index is 853. The van der Waals surface area contributed by atoms with Gasteiger partial charge in [-0.3, -0.25) is 9.89 Å². The number of aromatic amines is 1. The summed E-state index contributed by atoms with van der Waals surface area (Å²) in [5.41, 5.74) is 5.19. The number of amides is 1. The average molecular weight is 354 g/mol. The molecule has 3 aliphatic rings. The molecule has 0 radical (unpaired) electrons. The van der Waals surface area contributed by atoms with Crippen molar-refractivity contribution in [3.63, 3.8) is 0 Å². The van der Waals surface area contributed by atoms with Crippen LogP contribution in [0, 0.1) is 5.82 Å². The maximum absolute atomic E-state index is 13.4. The largest absolute Gasteiger partial charge is 0.368 e. The minimum absolute atomic E-state index is 0.0757. The van der Waals surface area contributed by atoms with Crippen LogP contribution in [0.4, 0.5) is 10.1 Å². The van der Waals surface area contributed by atoms with E-state index in [2.05, 4.69) is 15.1 Å². The van der Waals surface area contributed by atoms with Crippen molar-refractivity contribution in [3.8, 4) is 0 Å². The monoisotopic (exact) mass is 354 g/mol. The number of aromatic nitrogens is 2. The number of aryl methyl sites for hydroxylation is 1. The molecule has 1 aromatic carbocycles. The van der Waals surface area contributed by atoms with Crippen molar-refractivity contribution in [2.45, 2.75) is 44.6 Å². The molecule has 0 atom stereocenters. The highest BCUT2D eigenvalue weighted by atomic mass is 19.1. The summed E-state index contributed by atoms with van der Waals surface area (Å²) in [4.78, 5) is 17.2. The number of H-pyrrole nitrogens is 1. The predicted octanol–water partition coefficient (Wildman–Crippen LogP) is 2.70. The fraction of sp³-hybridized carbons (Fsp3) is 0.500. The molecule has 1 N–H and O–H groups in total. The fourth-order valence-corrected chi connectivity index (χ4v) is 4.80. The molecule has 0 saturated carbocycles. The highest BCUT2D eigenvalue weighted by Crippen LogP contribution is 2.33. The minimum atomic E-state index is -0.155. The molecular formula is C20H23FN4O. The number of nitrogens with one attached hydrogen (secondary N) is 1. The van der Waals surface area contributed by atoms with Crippen LogP contribution in [0.15, 0.2) is 18.2 Å². The highest BCUT2D eigenvalue weighted by Gasteiger charge is 2.33. The molecule has 0 spiro atoms. The topological polar surface area (TPSA) is 52.2 Å². The summed E-state index contributed by atoms with van der Waals surface area (Å²) < 4.78 is 13.4. The number of hydrogen-bond acceptors (Lipinski definition) is 3. The number of carbonyl (C=O) groups is 1. The minimum Gasteiger partial charge on any atom is -0.368 e. The van der Waals surface area contributed by atoms with Crippen molar-refractivity contribution in [1.29, 1.82) is 0 Å². The standard InChI is InChI=1S/C20H23FN4O/c21-14-4-5-18-13(12-14)6-11-25(18)15-7-9-24(10-8-15)20(26)19-16-2-1-3-17(16)22-23-19/h4-5,12,15H,1-3,6-11H2,(H,22,23). The molecule has 3 heterocycles. The zero-order valence-electron chi connectivity index (χ0n) is 14.8. The van der Waals surface area contributed by atoms with E-state index in [4.69, 9.17) is 0 Å². The summed E-state index contributed by atoms with van der Waals surface area (Å²) in [7, 11) is 0. The van der Waals surface area contributed by atoms with Crippen molar-refractivity contribution in [2.24, 2.45) is 0 Å². The molecule has 2 aliphatic heterocycles. The molecular weight excluding hydrogens is 331 g/mol. The number of likely N-dealkylation sites (tertiary alicyclic amines) is 1. The van der Waals surface area contributed by atoms with Gasteiger partial charge >= 0.3 is 0 Å². The lowest BCUT2D eigenvalue weighted by atomic mass is 10.0. The van der Waals surface area contributed by atoms with Crippen LogP contribution in [0.25, 0.3) is 0 Å². The molecule has 0 unspecified atom stereocenters. The molecule has 5 nitrogen and oxygen atoms in total. The number of halogens is 1. The molecule has 5 rings (SSSR count). The summed E-state index contributed by atoms with van der Waals surface area (Å²) in [6, 6.07) is 5.54. The van der Waals surface area contributed by atoms with Crippen LogP contribution in [0.3, 0.4) is 0 Å². The molecule has 26 heavy (non-hydrogen) atoms. The van der Waals surface area contributed by atoms with Gasteiger partial charge in [-0.1, -0.05) is 0 Å². The van der Waals surface area contributed by atoms with Crippen LogP contribution in [-0.4, -0.2) is 46.7 Å². The Kier molecular flexibility index (Phi) is 3.72. The quantitative estimate of drug-likeness (QED) is 0.902. The van der Waals surface area contributed by atoms with E-state index in [-0.39, 0.29) is 11.7 Å². The third-order valence-corrected chi connectivity index (χ3v) is 6.17. The molecule has 1 aliphatic carbocycles. The van der Waals surface area contributed by atoms with Crippen LogP contribution < -0.4 is 4.90 Å². The summed E-state index contributed by atoms with van der Waals surface area (Å²) in [5, 5.41) is 7.32. The van der Waals surface area contributed by atoms with Gasteiger partial charge in [0.1, 0.15) is 5.82 Å². The fourth-order valence-electron chi connectivity index (χ4n) is 4.80. The second-order valence-corrected chi connectivity index (χ2v) is 7.62. The van der Waals surface area contributed by atoms with E-state index < -0.39 is 0 Å². The number of piperidine rings is 1. The van der Waals surface area contributed by atoms with Crippen LogP contribution in [0.2, 0.25) is 0 Å². The summed E-state index contributed by atoms with van der Waals surface area (Å²) in [5.74, 6) is -0.0794. The highest BCUT2D eigenvalue weighted by molar-refractivity contribution is 5.94. The molecule has 1 saturated heterocycles. The van der Waals surface area contributed by atoms with Gasteiger partial charge in [-0.25, -0.2) is 4.39 Å². The van der Waals surface area contributed by atoms with Crippen LogP contribution in [0.5, 0.6) is 0 Å². The third kappa shape index (κ3) is 2.50. The third-order valence-electron chi connectivity index (χ3n) is 6.17. The zero-order chi connectivity index (χ0) is 17.7. The van der Waals surface area contributed by atoms with Crippen molar-refractivity contribution in [3.05, 3.63) is 46.5 Å². The Morgan fingerprint density at radius 1 is 1.15 bits per heavy atom. The molecule has 6 heteroatoms. The van der Waals surface area contributed by atoms with Gasteiger partial charge in [0.15, 0.2) is 5.69 Å². The number of hydrogen-bond donors (Lipinski definition) is 1. The molecule has 1 fully saturated rings. The van der Waals surface area contributed by atoms with Crippen molar-refractivity contribution in [1.82, 2.24) is 15.1 Å². The second-order valence-electron chi connectivity index (χ2n) is 7.62. The van der Waals surface area contributed by atoms with E-state index >= 15 is 0 Å². The molecule has 0 bridgehead atoms. The number of nitrogens with zero attached hydrogens (tertiary/aromatic N) is 3. The first-order valence-corrected chi connectivity index (χ1v) is 9.61. The van der Waals surface area contributed by atoms with E-state index in [9.17, 15) is 9.18 Å². The van der Waals surface area contributed by atoms with Gasteiger partial charge in [-0.05, 0) is 62.3 Å². The lowest BCUT2D eigenvalue weighted by molar-refractivity contribution is 0.0705. The van der Waals surface area contributed by atoms with Gasteiger partial charge in [0, 0.05) is 42.6 Å². The first kappa shape index (κ1) is 15.9. The van der Waals surface area contributed by atoms with E-state index in [1.54, 1.807) is 12.1 Å². The number of carbonyl (C=O) groups excluding carboxylic acids is 1. The van der Waals surface area contributed by atoms with Crippen molar-refractivity contribution < 1.29 is 9.18 Å². The van der Waals surface area contributed by atoms with Crippen LogP contribution in [0.1, 0.15) is 46.6 Å². The first-order valence-electron chi connectivity index (χ1n) is 9.61. The van der Waals surface area contributed by atoms with Gasteiger partial charge in [0.25, 0.3) is 5.91 Å². The number of benzene rings is 1. The molecule has 136 valence electrons. The maximum Gasteiger partial charge on any atom is 0.274 e. The Labute approximate surface area is 152 Å². The van der Waals surface area contributed by atoms with Crippen molar-refractivity contribution in [2.75, 3.05) is 24.5 Å². The van der Waals surface area contributed by atoms with E-state index in [1.165, 1.54) is 5.69 Å².